The number of aromatic hydroxyl groups is 2. The van der Waals surface area contributed by atoms with Crippen molar-refractivity contribution in [3.63, 3.8) is 0 Å². The molecule has 82 heavy (non-hydrogen) atoms. The van der Waals surface area contributed by atoms with Gasteiger partial charge in [0.1, 0.15) is 59.8 Å². The number of unbranched alkanes of at least 4 members (excludes halogenated alkanes) is 1. The van der Waals surface area contributed by atoms with Crippen LogP contribution in [0, 0.1) is 0 Å². The molecule has 4 aromatic carbocycles. The SMILES string of the molecule is NCCCC[C@@H]1NC(=O)[C@@H](Cc2ccc(NC(=O)[C@@H](N)CO)cc2)NC(=O)[C@H](Cc2ccc(O)cc2)NC(=O)[C@H](NC(=O)[C@@H](N)Cc2ccc(Cl)cc2)CSSC2[C@@H](C(=O)N[C@H](Cc3ccc(O)cc3)C(N)=O)NC(=O)[C@@H](NC1=O)[C@@H]2O. The quantitative estimate of drug-likeness (QED) is 0.0328. The van der Waals surface area contributed by atoms with Crippen LogP contribution in [0.2, 0.25) is 5.02 Å². The lowest BCUT2D eigenvalue weighted by molar-refractivity contribution is -0.140. The number of rotatable bonds is 20. The number of piperidine rings is 1. The second-order valence-corrected chi connectivity index (χ2v) is 22.7. The summed E-state index contributed by atoms with van der Waals surface area (Å²) < 4.78 is 0. The topological polar surface area (TPSA) is 435 Å². The molecule has 4 aromatic rings. The molecule has 28 heteroatoms. The highest BCUT2D eigenvalue weighted by atomic mass is 35.5. The van der Waals surface area contributed by atoms with Gasteiger partial charge in [-0.1, -0.05) is 81.7 Å². The number of phenolic OH excluding ortho intramolecular Hbond substituents is 2. The van der Waals surface area contributed by atoms with Crippen LogP contribution >= 0.6 is 33.2 Å². The van der Waals surface area contributed by atoms with Crippen LogP contribution in [0.3, 0.4) is 0 Å². The summed E-state index contributed by atoms with van der Waals surface area (Å²) in [6.45, 7) is -0.418. The van der Waals surface area contributed by atoms with E-state index in [9.17, 15) is 63.6 Å². The van der Waals surface area contributed by atoms with E-state index in [1.165, 1.54) is 72.8 Å². The molecule has 6 rings (SSSR count). The lowest BCUT2D eigenvalue weighted by Crippen LogP contribution is -2.71. The first-order valence-electron chi connectivity index (χ1n) is 26.0. The fourth-order valence-electron chi connectivity index (χ4n) is 8.71. The van der Waals surface area contributed by atoms with E-state index in [1.54, 1.807) is 24.3 Å². The van der Waals surface area contributed by atoms with Crippen molar-refractivity contribution < 1.29 is 63.6 Å². The Bertz CT molecular complexity index is 2900. The average molecular weight is 1190 g/mol. The molecular weight excluding hydrogens is 1120 g/mol. The molecule has 11 atom stereocenters. The molecule has 0 aromatic heterocycles. The van der Waals surface area contributed by atoms with Gasteiger partial charge < -0.3 is 85.9 Å². The van der Waals surface area contributed by atoms with E-state index in [4.69, 9.17) is 34.5 Å². The summed E-state index contributed by atoms with van der Waals surface area (Å²) in [5, 5.41) is 61.4. The summed E-state index contributed by atoms with van der Waals surface area (Å²) in [5.74, 6) is -8.73. The number of benzene rings is 4. The summed E-state index contributed by atoms with van der Waals surface area (Å²) in [5.41, 5.74) is 25.8. The van der Waals surface area contributed by atoms with Crippen LogP contribution < -0.4 is 65.5 Å². The van der Waals surface area contributed by atoms with Crippen LogP contribution in [-0.4, -0.2) is 158 Å². The number of nitrogens with two attached hydrogens (primary N) is 4. The number of anilines is 1. The number of aliphatic hydroxyl groups is 2. The first kappa shape index (κ1) is 63.7. The van der Waals surface area contributed by atoms with Crippen LogP contribution in [0.15, 0.2) is 97.1 Å². The minimum absolute atomic E-state index is 0.00536. The van der Waals surface area contributed by atoms with Crippen LogP contribution in [0.4, 0.5) is 5.69 Å². The number of hydrogen-bond acceptors (Lipinski definition) is 18. The van der Waals surface area contributed by atoms with E-state index < -0.39 is 126 Å². The number of hydrogen-bond donors (Lipinski definition) is 16. The number of phenols is 2. The van der Waals surface area contributed by atoms with E-state index in [2.05, 4.69) is 42.5 Å². The second-order valence-electron chi connectivity index (χ2n) is 19.7. The van der Waals surface area contributed by atoms with Crippen LogP contribution in [0.5, 0.6) is 11.5 Å². The Morgan fingerprint density at radius 1 is 0.646 bits per heavy atom. The number of nitrogens with one attached hydrogen (secondary N) is 8. The van der Waals surface area contributed by atoms with Crippen molar-refractivity contribution in [3.8, 4) is 11.5 Å². The molecule has 2 saturated heterocycles. The van der Waals surface area contributed by atoms with E-state index in [1.807, 2.05) is 0 Å². The molecule has 2 aliphatic rings. The number of halogens is 1. The Hall–Kier alpha value is -7.50. The van der Waals surface area contributed by atoms with Crippen molar-refractivity contribution in [3.05, 3.63) is 124 Å². The van der Waals surface area contributed by atoms with Gasteiger partial charge in [-0.15, -0.1) is 0 Å². The Kier molecular flexibility index (Phi) is 23.7. The summed E-state index contributed by atoms with van der Waals surface area (Å²) >= 11 is 6.08. The Labute approximate surface area is 484 Å². The van der Waals surface area contributed by atoms with Gasteiger partial charge >= 0.3 is 0 Å². The Morgan fingerprint density at radius 2 is 1.17 bits per heavy atom. The highest BCUT2D eigenvalue weighted by molar-refractivity contribution is 8.77. The fourth-order valence-corrected chi connectivity index (χ4v) is 11.8. The predicted molar refractivity (Wildman–Crippen MR) is 306 cm³/mol. The van der Waals surface area contributed by atoms with Gasteiger partial charge in [-0.05, 0) is 103 Å². The number of amides is 9. The smallest absolute Gasteiger partial charge is 0.246 e. The average Bonchev–Trinajstić information content (AvgIpc) is 3.49. The van der Waals surface area contributed by atoms with E-state index >= 15 is 0 Å². The monoisotopic (exact) mass is 1190 g/mol. The maximum absolute atomic E-state index is 14.8. The molecule has 0 radical (unpaired) electrons. The maximum Gasteiger partial charge on any atom is 0.246 e. The minimum atomic E-state index is -1.90. The largest absolute Gasteiger partial charge is 0.508 e. The van der Waals surface area contributed by atoms with Gasteiger partial charge in [0.15, 0.2) is 0 Å². The molecule has 20 N–H and O–H groups in total. The summed E-state index contributed by atoms with van der Waals surface area (Å²) in [4.78, 5) is 126. The number of aliphatic hydroxyl groups excluding tert-OH is 2. The molecule has 0 saturated carbocycles. The summed E-state index contributed by atoms with van der Waals surface area (Å²) in [7, 11) is 1.63. The molecule has 2 bridgehead atoms. The van der Waals surface area contributed by atoms with Crippen molar-refractivity contribution in [2.24, 2.45) is 22.9 Å². The predicted octanol–water partition coefficient (Wildman–Crippen LogP) is -2.25. The maximum atomic E-state index is 14.8. The summed E-state index contributed by atoms with van der Waals surface area (Å²) in [6.07, 6.45) is -1.97. The lowest BCUT2D eigenvalue weighted by Gasteiger charge is -2.40. The zero-order chi connectivity index (χ0) is 59.6. The Morgan fingerprint density at radius 3 is 1.74 bits per heavy atom. The van der Waals surface area contributed by atoms with E-state index in [-0.39, 0.29) is 68.0 Å². The molecule has 1 unspecified atom stereocenters. The molecule has 0 spiro atoms. The molecule has 2 fully saturated rings. The number of fused-ring (bicyclic) bond motifs is 2. The molecular formula is C54H67ClN12O13S2. The van der Waals surface area contributed by atoms with Crippen LogP contribution in [-0.2, 0) is 68.8 Å². The second kappa shape index (κ2) is 30.5. The van der Waals surface area contributed by atoms with Crippen molar-refractivity contribution in [2.45, 2.75) is 111 Å². The highest BCUT2D eigenvalue weighted by Crippen LogP contribution is 2.35. The van der Waals surface area contributed by atoms with Gasteiger partial charge in [0.05, 0.1) is 24.0 Å². The molecule has 440 valence electrons. The van der Waals surface area contributed by atoms with E-state index in [0.29, 0.717) is 33.7 Å². The zero-order valence-corrected chi connectivity index (χ0v) is 46.5. The third-order valence-corrected chi connectivity index (χ3v) is 16.5. The molecule has 9 amide bonds. The highest BCUT2D eigenvalue weighted by Gasteiger charge is 2.49. The van der Waals surface area contributed by atoms with Gasteiger partial charge in [-0.25, -0.2) is 0 Å². The summed E-state index contributed by atoms with van der Waals surface area (Å²) in [6, 6.07) is 10.7. The lowest BCUT2D eigenvalue weighted by atomic mass is 9.94. The molecule has 2 aliphatic heterocycles. The standard InChI is InChI=1S/C54H67ClN12O13S2/c55-31-12-4-27(5-13-31)21-35(57)47(73)65-41-26-81-82-45-43(54(80)62-38(46(59)72)22-29-8-16-33(69)17-9-29)67-53(79)42(44(45)71)66-49(75)37(3-1-2-20-56)61-50(76)39(23-28-6-14-32(15-7-28)60-48(74)36(58)25-68)63-51(77)40(64-52(41)78)24-30-10-18-34(70)19-11-30/h4-19,35-45,68-71H,1-3,20-26,56-58H2,(H2,59,72)(H,60,74)(H,61,76)(H,62,80)(H,63,77)(H,64,78)(H,65,73)(H,66,75)(H,67,79)/t35-,36-,37-,38+,39+,40-,41+,42-,43-,44-,45?/m0/s1. The zero-order valence-electron chi connectivity index (χ0n) is 44.1. The number of primary amides is 1. The number of carbonyl (C=O) groups excluding carboxylic acids is 9. The first-order chi connectivity index (χ1) is 39.1. The van der Waals surface area contributed by atoms with Crippen molar-refractivity contribution >= 4 is 92.0 Å². The van der Waals surface area contributed by atoms with Gasteiger partial charge in [-0.2, -0.15) is 0 Å². The van der Waals surface area contributed by atoms with Gasteiger partial charge in [0.25, 0.3) is 0 Å². The van der Waals surface area contributed by atoms with Gasteiger partial charge in [0.2, 0.25) is 53.2 Å². The normalized spacial score (nSPS) is 22.9. The third kappa shape index (κ3) is 18.5. The van der Waals surface area contributed by atoms with Gasteiger partial charge in [0, 0.05) is 35.7 Å². The fraction of sp³-hybridized carbons (Fsp3) is 0.389. The Balaban J connectivity index is 1.40. The van der Waals surface area contributed by atoms with E-state index in [0.717, 1.165) is 21.6 Å². The number of carbonyl (C=O) groups is 9. The molecule has 2 heterocycles. The van der Waals surface area contributed by atoms with Crippen LogP contribution in [0.25, 0.3) is 0 Å². The van der Waals surface area contributed by atoms with Crippen LogP contribution in [0.1, 0.15) is 41.5 Å². The first-order valence-corrected chi connectivity index (χ1v) is 28.8. The molecule has 0 aliphatic carbocycles. The van der Waals surface area contributed by atoms with Gasteiger partial charge in [-0.3, -0.25) is 43.2 Å². The van der Waals surface area contributed by atoms with Crippen molar-refractivity contribution in [1.29, 1.82) is 0 Å². The van der Waals surface area contributed by atoms with Crippen molar-refractivity contribution in [2.75, 3.05) is 24.2 Å². The third-order valence-electron chi connectivity index (χ3n) is 13.4. The minimum Gasteiger partial charge on any atom is -0.508 e. The molecule has 25 nitrogen and oxygen atoms in total. The van der Waals surface area contributed by atoms with Crippen molar-refractivity contribution in [1.82, 2.24) is 37.2 Å².